The first-order valence-electron chi connectivity index (χ1n) is 4.64. The Bertz CT molecular complexity index is 93.6. The van der Waals surface area contributed by atoms with E-state index in [1.54, 1.807) is 0 Å². The molecule has 2 nitrogen and oxygen atoms in total. The number of hydrogen-bond donors (Lipinski definition) is 1. The van der Waals surface area contributed by atoms with Crippen LogP contribution in [0.4, 0.5) is 0 Å². The molecule has 0 spiro atoms. The second-order valence-corrected chi connectivity index (χ2v) is 3.19. The second-order valence-electron chi connectivity index (χ2n) is 3.19. The predicted molar refractivity (Wildman–Crippen MR) is 50.6 cm³/mol. The van der Waals surface area contributed by atoms with E-state index in [4.69, 9.17) is 5.73 Å². The maximum atomic E-state index is 5.83. The summed E-state index contributed by atoms with van der Waals surface area (Å²) in [5, 5.41) is 0. The molecule has 1 aliphatic heterocycles. The van der Waals surface area contributed by atoms with Crippen LogP contribution in [0.1, 0.15) is 27.2 Å². The number of likely N-dealkylation sites (tertiary alicyclic amines) is 1. The van der Waals surface area contributed by atoms with Crippen LogP contribution in [0.2, 0.25) is 0 Å². The zero-order valence-electron chi connectivity index (χ0n) is 8.30. The molecule has 0 bridgehead atoms. The van der Waals surface area contributed by atoms with Gasteiger partial charge in [-0.2, -0.15) is 0 Å². The molecule has 0 amide bonds. The summed E-state index contributed by atoms with van der Waals surface area (Å²) in [6.45, 7) is 8.52. The van der Waals surface area contributed by atoms with Crippen molar-refractivity contribution in [3.8, 4) is 0 Å². The highest BCUT2D eigenvalue weighted by Crippen LogP contribution is 2.13. The van der Waals surface area contributed by atoms with Gasteiger partial charge in [-0.15, -0.1) is 0 Å². The largest absolute Gasteiger partial charge is 0.326 e. The normalized spacial score (nSPS) is 32.5. The Morgan fingerprint density at radius 2 is 1.91 bits per heavy atom. The van der Waals surface area contributed by atoms with E-state index in [9.17, 15) is 0 Å². The van der Waals surface area contributed by atoms with Crippen molar-refractivity contribution in [1.29, 1.82) is 0 Å². The van der Waals surface area contributed by atoms with Crippen LogP contribution in [0.25, 0.3) is 0 Å². The van der Waals surface area contributed by atoms with Crippen LogP contribution in [0.5, 0.6) is 0 Å². The minimum Gasteiger partial charge on any atom is -0.326 e. The Hall–Kier alpha value is -0.0800. The highest BCUT2D eigenvalue weighted by molar-refractivity contribution is 4.78. The van der Waals surface area contributed by atoms with Crippen molar-refractivity contribution in [2.75, 3.05) is 20.1 Å². The average molecular weight is 158 g/mol. The molecule has 2 heteroatoms. The van der Waals surface area contributed by atoms with E-state index >= 15 is 0 Å². The van der Waals surface area contributed by atoms with Gasteiger partial charge in [-0.05, 0) is 25.9 Å². The third-order valence-corrected chi connectivity index (χ3v) is 2.22. The van der Waals surface area contributed by atoms with Crippen molar-refractivity contribution in [2.45, 2.75) is 33.2 Å². The smallest absolute Gasteiger partial charge is 0.0194 e. The van der Waals surface area contributed by atoms with Crippen molar-refractivity contribution in [3.63, 3.8) is 0 Å². The number of piperidine rings is 1. The maximum Gasteiger partial charge on any atom is 0.0194 e. The molecular formula is C9H22N2. The first-order valence-corrected chi connectivity index (χ1v) is 4.64. The maximum absolute atomic E-state index is 5.83. The quantitative estimate of drug-likeness (QED) is 0.576. The molecule has 68 valence electrons. The van der Waals surface area contributed by atoms with Gasteiger partial charge in [0.05, 0.1) is 0 Å². The third-order valence-electron chi connectivity index (χ3n) is 2.22. The number of hydrogen-bond acceptors (Lipinski definition) is 2. The van der Waals surface area contributed by atoms with Gasteiger partial charge in [0.15, 0.2) is 0 Å². The molecule has 2 unspecified atom stereocenters. The summed E-state index contributed by atoms with van der Waals surface area (Å²) in [5.74, 6) is 0.723. The summed E-state index contributed by atoms with van der Waals surface area (Å²) >= 11 is 0. The summed E-state index contributed by atoms with van der Waals surface area (Å²) in [6.07, 6.45) is 1.26. The molecule has 0 aromatic carbocycles. The minimum absolute atomic E-state index is 0.406. The molecule has 0 saturated carbocycles. The Morgan fingerprint density at radius 3 is 2.27 bits per heavy atom. The Kier molecular flexibility index (Phi) is 5.51. The molecule has 1 rings (SSSR count). The lowest BCUT2D eigenvalue weighted by Gasteiger charge is -2.32. The van der Waals surface area contributed by atoms with Crippen LogP contribution in [0.3, 0.4) is 0 Å². The van der Waals surface area contributed by atoms with Gasteiger partial charge < -0.3 is 10.6 Å². The van der Waals surface area contributed by atoms with E-state index < -0.39 is 0 Å². The van der Waals surface area contributed by atoms with Crippen LogP contribution >= 0.6 is 0 Å². The fourth-order valence-corrected chi connectivity index (χ4v) is 1.27. The molecule has 0 aliphatic carbocycles. The van der Waals surface area contributed by atoms with E-state index in [-0.39, 0.29) is 0 Å². The molecule has 2 N–H and O–H groups in total. The highest BCUT2D eigenvalue weighted by atomic mass is 15.1. The van der Waals surface area contributed by atoms with Crippen LogP contribution in [-0.2, 0) is 0 Å². The predicted octanol–water partition coefficient (Wildman–Crippen LogP) is 1.31. The lowest BCUT2D eigenvalue weighted by molar-refractivity contribution is 0.201. The summed E-state index contributed by atoms with van der Waals surface area (Å²) in [4.78, 5) is 2.30. The number of nitrogens with two attached hydrogens (primary N) is 1. The van der Waals surface area contributed by atoms with Crippen molar-refractivity contribution in [1.82, 2.24) is 4.90 Å². The van der Waals surface area contributed by atoms with E-state index in [0.29, 0.717) is 6.04 Å². The molecule has 1 fully saturated rings. The van der Waals surface area contributed by atoms with Crippen molar-refractivity contribution >= 4 is 0 Å². The third kappa shape index (κ3) is 3.73. The number of rotatable bonds is 0. The van der Waals surface area contributed by atoms with Gasteiger partial charge in [-0.1, -0.05) is 20.8 Å². The molecule has 11 heavy (non-hydrogen) atoms. The van der Waals surface area contributed by atoms with Crippen molar-refractivity contribution in [3.05, 3.63) is 0 Å². The minimum atomic E-state index is 0.406. The summed E-state index contributed by atoms with van der Waals surface area (Å²) in [7, 11) is 2.13. The molecular weight excluding hydrogens is 136 g/mol. The highest BCUT2D eigenvalue weighted by Gasteiger charge is 2.19. The monoisotopic (exact) mass is 158 g/mol. The van der Waals surface area contributed by atoms with E-state index in [1.807, 2.05) is 13.8 Å². The topological polar surface area (TPSA) is 29.3 Å². The van der Waals surface area contributed by atoms with Crippen LogP contribution in [0.15, 0.2) is 0 Å². The average Bonchev–Trinajstić information content (AvgIpc) is 2.02. The summed E-state index contributed by atoms with van der Waals surface area (Å²) in [6, 6.07) is 0.406. The molecule has 1 heterocycles. The van der Waals surface area contributed by atoms with Gasteiger partial charge in [0, 0.05) is 12.6 Å². The van der Waals surface area contributed by atoms with Crippen molar-refractivity contribution in [2.24, 2.45) is 11.7 Å². The Labute approximate surface area is 70.8 Å². The molecule has 1 aliphatic rings. The number of likely N-dealkylation sites (N-methyl/N-ethyl adjacent to an activating group) is 1. The van der Waals surface area contributed by atoms with Crippen LogP contribution in [-0.4, -0.2) is 31.1 Å². The standard InChI is InChI=1S/C7H16N2.C2H6/c1-6-3-4-9(2)5-7(6)8;1-2/h6-7H,3-5,8H2,1-2H3;1-2H3. The summed E-state index contributed by atoms with van der Waals surface area (Å²) < 4.78 is 0. The molecule has 0 aromatic rings. The van der Waals surface area contributed by atoms with Gasteiger partial charge in [-0.25, -0.2) is 0 Å². The molecule has 2 atom stereocenters. The van der Waals surface area contributed by atoms with E-state index in [2.05, 4.69) is 18.9 Å². The van der Waals surface area contributed by atoms with Gasteiger partial charge in [0.2, 0.25) is 0 Å². The van der Waals surface area contributed by atoms with Crippen LogP contribution < -0.4 is 5.73 Å². The fourth-order valence-electron chi connectivity index (χ4n) is 1.27. The number of nitrogens with zero attached hydrogens (tertiary/aromatic N) is 1. The van der Waals surface area contributed by atoms with E-state index in [1.165, 1.54) is 13.0 Å². The second kappa shape index (κ2) is 5.56. The zero-order valence-corrected chi connectivity index (χ0v) is 8.30. The Morgan fingerprint density at radius 1 is 1.36 bits per heavy atom. The SMILES string of the molecule is CC.CC1CCN(C)CC1N. The van der Waals surface area contributed by atoms with Crippen molar-refractivity contribution < 1.29 is 0 Å². The lowest BCUT2D eigenvalue weighted by atomic mass is 9.95. The van der Waals surface area contributed by atoms with Gasteiger partial charge >= 0.3 is 0 Å². The Balaban J connectivity index is 0.000000461. The molecule has 1 saturated heterocycles. The summed E-state index contributed by atoms with van der Waals surface area (Å²) in [5.41, 5.74) is 5.83. The van der Waals surface area contributed by atoms with Crippen LogP contribution in [0, 0.1) is 5.92 Å². The van der Waals surface area contributed by atoms with Gasteiger partial charge in [-0.3, -0.25) is 0 Å². The fraction of sp³-hybridized carbons (Fsp3) is 1.00. The van der Waals surface area contributed by atoms with E-state index in [0.717, 1.165) is 12.5 Å². The lowest BCUT2D eigenvalue weighted by Crippen LogP contribution is -2.45. The van der Waals surface area contributed by atoms with Gasteiger partial charge in [0.25, 0.3) is 0 Å². The first kappa shape index (κ1) is 10.9. The van der Waals surface area contributed by atoms with Gasteiger partial charge in [0.1, 0.15) is 0 Å². The molecule has 0 radical (unpaired) electrons. The first-order chi connectivity index (χ1) is 5.20. The zero-order chi connectivity index (χ0) is 8.85. The molecule has 0 aromatic heterocycles.